The number of aryl methyl sites for hydroxylation is 1. The third-order valence-corrected chi connectivity index (χ3v) is 6.74. The molecule has 1 aliphatic rings. The average molecular weight is 376 g/mol. The molecule has 3 rings (SSSR count). The second-order valence-electron chi connectivity index (χ2n) is 6.67. The molecule has 1 aliphatic heterocycles. The minimum atomic E-state index is -3.23. The van der Waals surface area contributed by atoms with Crippen LogP contribution in [0.2, 0.25) is 0 Å². The molecule has 0 radical (unpaired) electrons. The van der Waals surface area contributed by atoms with Gasteiger partial charge in [-0.25, -0.2) is 12.8 Å². The van der Waals surface area contributed by atoms with Gasteiger partial charge in [0.2, 0.25) is 10.0 Å². The molecule has 1 saturated heterocycles. The van der Waals surface area contributed by atoms with Crippen LogP contribution in [0.4, 0.5) is 4.39 Å². The minimum absolute atomic E-state index is 0.176. The summed E-state index contributed by atoms with van der Waals surface area (Å²) in [7, 11) is -3.23. The van der Waals surface area contributed by atoms with Crippen LogP contribution < -0.4 is 0 Å². The zero-order chi connectivity index (χ0) is 18.4. The summed E-state index contributed by atoms with van der Waals surface area (Å²) in [6.45, 7) is 2.73. The van der Waals surface area contributed by atoms with Crippen LogP contribution in [-0.2, 0) is 23.0 Å². The van der Waals surface area contributed by atoms with Crippen molar-refractivity contribution in [1.29, 1.82) is 0 Å². The van der Waals surface area contributed by atoms with E-state index in [1.807, 2.05) is 36.4 Å². The van der Waals surface area contributed by atoms with E-state index in [2.05, 4.69) is 4.90 Å². The smallest absolute Gasteiger partial charge is 0.214 e. The second kappa shape index (κ2) is 8.75. The molecule has 0 atom stereocenters. The zero-order valence-electron chi connectivity index (χ0n) is 14.9. The Morgan fingerprint density at radius 1 is 0.885 bits per heavy atom. The maximum Gasteiger partial charge on any atom is 0.214 e. The fraction of sp³-hybridized carbons (Fsp3) is 0.400. The highest BCUT2D eigenvalue weighted by Gasteiger charge is 2.26. The first kappa shape index (κ1) is 19.0. The van der Waals surface area contributed by atoms with Crippen molar-refractivity contribution in [3.05, 3.63) is 71.5 Å². The molecule has 1 heterocycles. The van der Waals surface area contributed by atoms with E-state index in [1.165, 1.54) is 6.07 Å². The summed E-state index contributed by atoms with van der Waals surface area (Å²) in [6.07, 6.45) is 1.40. The lowest BCUT2D eigenvalue weighted by atomic mass is 10.1. The van der Waals surface area contributed by atoms with Gasteiger partial charge in [-0.05, 0) is 24.5 Å². The molecule has 26 heavy (non-hydrogen) atoms. The molecule has 0 spiro atoms. The van der Waals surface area contributed by atoms with Crippen molar-refractivity contribution >= 4 is 10.0 Å². The van der Waals surface area contributed by atoms with Gasteiger partial charge in [0, 0.05) is 38.3 Å². The predicted octanol–water partition coefficient (Wildman–Crippen LogP) is 2.91. The Bertz CT molecular complexity index is 804. The Labute approximate surface area is 155 Å². The summed E-state index contributed by atoms with van der Waals surface area (Å²) >= 11 is 0. The Kier molecular flexibility index (Phi) is 6.40. The average Bonchev–Trinajstić information content (AvgIpc) is 2.65. The topological polar surface area (TPSA) is 40.6 Å². The van der Waals surface area contributed by atoms with Crippen LogP contribution in [0.1, 0.15) is 17.5 Å². The van der Waals surface area contributed by atoms with Gasteiger partial charge in [-0.15, -0.1) is 0 Å². The maximum atomic E-state index is 13.8. The summed E-state index contributed by atoms with van der Waals surface area (Å²) in [5.74, 6) is -0.0293. The number of piperazine rings is 1. The number of benzene rings is 2. The van der Waals surface area contributed by atoms with E-state index in [-0.39, 0.29) is 11.6 Å². The number of hydrogen-bond acceptors (Lipinski definition) is 3. The van der Waals surface area contributed by atoms with Gasteiger partial charge in [-0.2, -0.15) is 4.31 Å². The Hall–Kier alpha value is -1.76. The highest BCUT2D eigenvalue weighted by Crippen LogP contribution is 2.15. The van der Waals surface area contributed by atoms with Gasteiger partial charge in [0.1, 0.15) is 5.82 Å². The quantitative estimate of drug-likeness (QED) is 0.746. The van der Waals surface area contributed by atoms with Crippen molar-refractivity contribution in [1.82, 2.24) is 9.21 Å². The third kappa shape index (κ3) is 5.13. The van der Waals surface area contributed by atoms with Gasteiger partial charge < -0.3 is 0 Å². The SMILES string of the molecule is O=S(=O)(CCCc1ccccc1)N1CCN(Cc2ccccc2F)CC1. The van der Waals surface area contributed by atoms with Crippen LogP contribution in [0.15, 0.2) is 54.6 Å². The lowest BCUT2D eigenvalue weighted by molar-refractivity contribution is 0.180. The molecule has 0 aliphatic carbocycles. The fourth-order valence-corrected chi connectivity index (χ4v) is 4.75. The molecule has 1 fully saturated rings. The van der Waals surface area contributed by atoms with Crippen molar-refractivity contribution in [3.63, 3.8) is 0 Å². The number of rotatable bonds is 7. The number of hydrogen-bond donors (Lipinski definition) is 0. The van der Waals surface area contributed by atoms with Crippen LogP contribution in [0.25, 0.3) is 0 Å². The van der Waals surface area contributed by atoms with Crippen molar-refractivity contribution in [2.24, 2.45) is 0 Å². The standard InChI is InChI=1S/C20H25FN2O2S/c21-20-11-5-4-10-19(20)17-22-12-14-23(15-13-22)26(24,25)16-6-9-18-7-2-1-3-8-18/h1-5,7-8,10-11H,6,9,12-17H2. The highest BCUT2D eigenvalue weighted by molar-refractivity contribution is 7.89. The lowest BCUT2D eigenvalue weighted by Gasteiger charge is -2.34. The fourth-order valence-electron chi connectivity index (χ4n) is 3.27. The van der Waals surface area contributed by atoms with Crippen molar-refractivity contribution in [2.75, 3.05) is 31.9 Å². The van der Waals surface area contributed by atoms with E-state index in [0.717, 1.165) is 12.0 Å². The first-order valence-electron chi connectivity index (χ1n) is 9.02. The molecule has 4 nitrogen and oxygen atoms in total. The minimum Gasteiger partial charge on any atom is -0.296 e. The summed E-state index contributed by atoms with van der Waals surface area (Å²) in [4.78, 5) is 2.11. The Morgan fingerprint density at radius 3 is 2.23 bits per heavy atom. The molecule has 0 N–H and O–H groups in total. The molecule has 0 saturated carbocycles. The number of sulfonamides is 1. The van der Waals surface area contributed by atoms with Crippen molar-refractivity contribution < 1.29 is 12.8 Å². The second-order valence-corrected chi connectivity index (χ2v) is 8.76. The van der Waals surface area contributed by atoms with Crippen molar-refractivity contribution in [3.8, 4) is 0 Å². The van der Waals surface area contributed by atoms with Gasteiger partial charge >= 0.3 is 0 Å². The molecular formula is C20H25FN2O2S. The largest absolute Gasteiger partial charge is 0.296 e. The lowest BCUT2D eigenvalue weighted by Crippen LogP contribution is -2.48. The van der Waals surface area contributed by atoms with E-state index in [4.69, 9.17) is 0 Å². The van der Waals surface area contributed by atoms with Gasteiger partial charge in [0.25, 0.3) is 0 Å². The zero-order valence-corrected chi connectivity index (χ0v) is 15.7. The predicted molar refractivity (Wildman–Crippen MR) is 102 cm³/mol. The van der Waals surface area contributed by atoms with Gasteiger partial charge in [-0.1, -0.05) is 48.5 Å². The molecule has 0 aromatic heterocycles. The Balaban J connectivity index is 1.46. The molecule has 6 heteroatoms. The van der Waals surface area contributed by atoms with Gasteiger partial charge in [0.05, 0.1) is 5.75 Å². The number of nitrogens with zero attached hydrogens (tertiary/aromatic N) is 2. The molecule has 0 unspecified atom stereocenters. The molecule has 140 valence electrons. The van der Waals surface area contributed by atoms with E-state index in [9.17, 15) is 12.8 Å². The monoisotopic (exact) mass is 376 g/mol. The van der Waals surface area contributed by atoms with Crippen molar-refractivity contribution in [2.45, 2.75) is 19.4 Å². The van der Waals surface area contributed by atoms with Crippen LogP contribution in [0.3, 0.4) is 0 Å². The molecule has 2 aromatic carbocycles. The molecule has 0 amide bonds. The van der Waals surface area contributed by atoms with Gasteiger partial charge in [-0.3, -0.25) is 4.90 Å². The first-order valence-corrected chi connectivity index (χ1v) is 10.6. The van der Waals surface area contributed by atoms with Crippen LogP contribution in [0.5, 0.6) is 0 Å². The summed E-state index contributed by atoms with van der Waals surface area (Å²) in [5.41, 5.74) is 1.82. The first-order chi connectivity index (χ1) is 12.5. The summed E-state index contributed by atoms with van der Waals surface area (Å²) in [5, 5.41) is 0. The summed E-state index contributed by atoms with van der Waals surface area (Å²) < 4.78 is 40.4. The third-order valence-electron chi connectivity index (χ3n) is 4.79. The number of halogens is 1. The summed E-state index contributed by atoms with van der Waals surface area (Å²) in [6, 6.07) is 16.7. The van der Waals surface area contributed by atoms with Gasteiger partial charge in [0.15, 0.2) is 0 Å². The van der Waals surface area contributed by atoms with Crippen LogP contribution in [-0.4, -0.2) is 49.6 Å². The molecule has 2 aromatic rings. The maximum absolute atomic E-state index is 13.8. The van der Waals surface area contributed by atoms with E-state index in [1.54, 1.807) is 16.4 Å². The highest BCUT2D eigenvalue weighted by atomic mass is 32.2. The van der Waals surface area contributed by atoms with Crippen LogP contribution >= 0.6 is 0 Å². The Morgan fingerprint density at radius 2 is 1.54 bits per heavy atom. The van der Waals surface area contributed by atoms with E-state index in [0.29, 0.717) is 44.7 Å². The molecular weight excluding hydrogens is 351 g/mol. The van der Waals surface area contributed by atoms with Crippen LogP contribution in [0, 0.1) is 5.82 Å². The molecule has 0 bridgehead atoms. The van der Waals surface area contributed by atoms with E-state index < -0.39 is 10.0 Å². The normalized spacial score (nSPS) is 16.7. The van der Waals surface area contributed by atoms with E-state index >= 15 is 0 Å².